The number of nitrogens with zero attached hydrogens (tertiary/aromatic N) is 1. The van der Waals surface area contributed by atoms with E-state index in [0.717, 1.165) is 41.6 Å². The van der Waals surface area contributed by atoms with Gasteiger partial charge in [0.05, 0.1) is 12.1 Å². The Hall–Kier alpha value is -1.94. The van der Waals surface area contributed by atoms with Crippen molar-refractivity contribution < 1.29 is 9.53 Å². The lowest BCUT2D eigenvalue weighted by Crippen LogP contribution is -2.30. The average Bonchev–Trinajstić information content (AvgIpc) is 3.01. The molecule has 1 unspecified atom stereocenters. The van der Waals surface area contributed by atoms with Crippen LogP contribution in [0.4, 0.5) is 0 Å². The summed E-state index contributed by atoms with van der Waals surface area (Å²) >= 11 is 0. The van der Waals surface area contributed by atoms with E-state index in [1.807, 2.05) is 38.1 Å². The van der Waals surface area contributed by atoms with Crippen molar-refractivity contribution in [3.63, 3.8) is 0 Å². The Bertz CT molecular complexity index is 661. The van der Waals surface area contributed by atoms with Crippen molar-refractivity contribution in [3.8, 4) is 5.75 Å². The minimum absolute atomic E-state index is 0.0646. The third kappa shape index (κ3) is 2.76. The second-order valence-corrected chi connectivity index (χ2v) is 5.69. The van der Waals surface area contributed by atoms with Gasteiger partial charge >= 0.3 is 0 Å². The normalized spacial score (nSPS) is 18.3. The van der Waals surface area contributed by atoms with Gasteiger partial charge < -0.3 is 10.1 Å². The summed E-state index contributed by atoms with van der Waals surface area (Å²) in [4.78, 5) is 17.1. The number of carbonyl (C=O) groups is 1. The van der Waals surface area contributed by atoms with Crippen LogP contribution in [0.25, 0.3) is 10.9 Å². The third-order valence-corrected chi connectivity index (χ3v) is 3.74. The molecule has 1 aliphatic heterocycles. The van der Waals surface area contributed by atoms with Crippen molar-refractivity contribution in [2.24, 2.45) is 0 Å². The molecule has 0 amide bonds. The van der Waals surface area contributed by atoms with Crippen LogP contribution in [0.3, 0.4) is 0 Å². The van der Waals surface area contributed by atoms with E-state index in [1.165, 1.54) is 0 Å². The van der Waals surface area contributed by atoms with E-state index in [-0.39, 0.29) is 17.9 Å². The highest BCUT2D eigenvalue weighted by atomic mass is 16.5. The first-order valence-corrected chi connectivity index (χ1v) is 7.49. The largest absolute Gasteiger partial charge is 0.489 e. The summed E-state index contributed by atoms with van der Waals surface area (Å²) in [6.07, 6.45) is 3.78. The molecule has 1 aromatic carbocycles. The fourth-order valence-corrected chi connectivity index (χ4v) is 2.81. The molecule has 0 aliphatic carbocycles. The number of rotatable bonds is 4. The molecule has 1 N–H and O–H groups in total. The fourth-order valence-electron chi connectivity index (χ4n) is 2.81. The zero-order valence-corrected chi connectivity index (χ0v) is 12.4. The van der Waals surface area contributed by atoms with E-state index in [1.54, 1.807) is 6.20 Å². The van der Waals surface area contributed by atoms with E-state index in [4.69, 9.17) is 4.74 Å². The molecule has 110 valence electrons. The molecule has 0 radical (unpaired) electrons. The summed E-state index contributed by atoms with van der Waals surface area (Å²) in [6, 6.07) is 7.46. The Labute approximate surface area is 124 Å². The van der Waals surface area contributed by atoms with Crippen LogP contribution in [-0.2, 0) is 0 Å². The van der Waals surface area contributed by atoms with Crippen molar-refractivity contribution >= 4 is 16.7 Å². The molecular formula is C17H20N2O2. The highest BCUT2D eigenvalue weighted by Crippen LogP contribution is 2.29. The summed E-state index contributed by atoms with van der Waals surface area (Å²) in [7, 11) is 0. The molecule has 0 spiro atoms. The fraction of sp³-hybridized carbons (Fsp3) is 0.412. The molecule has 1 aromatic heterocycles. The van der Waals surface area contributed by atoms with E-state index in [9.17, 15) is 4.79 Å². The maximum atomic E-state index is 12.7. The second-order valence-electron chi connectivity index (χ2n) is 5.69. The minimum atomic E-state index is -0.0646. The lowest BCUT2D eigenvalue weighted by molar-refractivity contribution is 0.0954. The van der Waals surface area contributed by atoms with Crippen LogP contribution >= 0.6 is 0 Å². The number of ketones is 1. The molecular weight excluding hydrogens is 264 g/mol. The maximum absolute atomic E-state index is 12.7. The van der Waals surface area contributed by atoms with Gasteiger partial charge in [-0.2, -0.15) is 0 Å². The smallest absolute Gasteiger partial charge is 0.180 e. The number of nitrogens with one attached hydrogen (secondary N) is 1. The number of carbonyl (C=O) groups excluding carboxylic acids is 1. The van der Waals surface area contributed by atoms with Gasteiger partial charge in [0.1, 0.15) is 11.3 Å². The zero-order valence-electron chi connectivity index (χ0n) is 12.4. The van der Waals surface area contributed by atoms with Crippen LogP contribution in [0.15, 0.2) is 30.5 Å². The number of ether oxygens (including phenoxy) is 1. The zero-order chi connectivity index (χ0) is 14.8. The monoisotopic (exact) mass is 284 g/mol. The Morgan fingerprint density at radius 1 is 1.38 bits per heavy atom. The number of hydrogen-bond donors (Lipinski definition) is 1. The van der Waals surface area contributed by atoms with Crippen LogP contribution in [0.1, 0.15) is 37.0 Å². The van der Waals surface area contributed by atoms with Gasteiger partial charge in [-0.1, -0.05) is 6.07 Å². The maximum Gasteiger partial charge on any atom is 0.180 e. The number of Topliss-reactive ketones (excluding diaryl/α,β-unsaturated/α-hetero) is 1. The standard InChI is InChI=1S/C17H20N2O2/c1-11(2)21-15-8-7-13(12-5-3-10-19-16(12)15)17(20)14-6-4-9-18-14/h3,5,7-8,10-11,14,18H,4,6,9H2,1-2H3. The van der Waals surface area contributed by atoms with Gasteiger partial charge in [0.15, 0.2) is 5.78 Å². The SMILES string of the molecule is CC(C)Oc1ccc(C(=O)C2CCCN2)c2cccnc12. The van der Waals surface area contributed by atoms with E-state index < -0.39 is 0 Å². The number of benzene rings is 1. The first-order chi connectivity index (χ1) is 10.2. The van der Waals surface area contributed by atoms with Crippen LogP contribution in [0.2, 0.25) is 0 Å². The topological polar surface area (TPSA) is 51.2 Å². The molecule has 2 heterocycles. The van der Waals surface area contributed by atoms with Gasteiger partial charge in [0.25, 0.3) is 0 Å². The Balaban J connectivity index is 2.06. The van der Waals surface area contributed by atoms with Gasteiger partial charge in [-0.3, -0.25) is 9.78 Å². The molecule has 2 aromatic rings. The minimum Gasteiger partial charge on any atom is -0.489 e. The molecule has 1 aliphatic rings. The molecule has 21 heavy (non-hydrogen) atoms. The lowest BCUT2D eigenvalue weighted by Gasteiger charge is -2.15. The first-order valence-electron chi connectivity index (χ1n) is 7.49. The predicted octanol–water partition coefficient (Wildman–Crippen LogP) is 2.96. The molecule has 0 bridgehead atoms. The number of aromatic nitrogens is 1. The predicted molar refractivity (Wildman–Crippen MR) is 82.9 cm³/mol. The highest BCUT2D eigenvalue weighted by Gasteiger charge is 2.25. The first kappa shape index (κ1) is 14.0. The Morgan fingerprint density at radius 2 is 2.24 bits per heavy atom. The molecule has 4 heteroatoms. The summed E-state index contributed by atoms with van der Waals surface area (Å²) in [5.74, 6) is 0.887. The van der Waals surface area contributed by atoms with Crippen molar-refractivity contribution in [2.75, 3.05) is 6.54 Å². The number of fused-ring (bicyclic) bond motifs is 1. The summed E-state index contributed by atoms with van der Waals surface area (Å²) in [5.41, 5.74) is 1.49. The second kappa shape index (κ2) is 5.82. The van der Waals surface area contributed by atoms with Crippen molar-refractivity contribution in [3.05, 3.63) is 36.0 Å². The molecule has 4 nitrogen and oxygen atoms in total. The third-order valence-electron chi connectivity index (χ3n) is 3.74. The molecule has 3 rings (SSSR count). The highest BCUT2D eigenvalue weighted by molar-refractivity contribution is 6.11. The van der Waals surface area contributed by atoms with E-state index >= 15 is 0 Å². The summed E-state index contributed by atoms with van der Waals surface area (Å²) < 4.78 is 5.80. The van der Waals surface area contributed by atoms with Gasteiger partial charge in [0.2, 0.25) is 0 Å². The van der Waals surface area contributed by atoms with Crippen LogP contribution in [-0.4, -0.2) is 29.5 Å². The van der Waals surface area contributed by atoms with Crippen molar-refractivity contribution in [1.29, 1.82) is 0 Å². The van der Waals surface area contributed by atoms with Crippen LogP contribution in [0.5, 0.6) is 5.75 Å². The quantitative estimate of drug-likeness (QED) is 0.877. The molecule has 0 saturated carbocycles. The van der Waals surface area contributed by atoms with E-state index in [0.29, 0.717) is 0 Å². The Morgan fingerprint density at radius 3 is 2.95 bits per heavy atom. The van der Waals surface area contributed by atoms with Crippen molar-refractivity contribution in [2.45, 2.75) is 38.8 Å². The van der Waals surface area contributed by atoms with Crippen LogP contribution in [0, 0.1) is 0 Å². The Kier molecular flexibility index (Phi) is 3.88. The average molecular weight is 284 g/mol. The van der Waals surface area contributed by atoms with Crippen LogP contribution < -0.4 is 10.1 Å². The van der Waals surface area contributed by atoms with Gasteiger partial charge in [-0.05, 0) is 51.4 Å². The van der Waals surface area contributed by atoms with Gasteiger partial charge in [-0.25, -0.2) is 0 Å². The van der Waals surface area contributed by atoms with Crippen molar-refractivity contribution in [1.82, 2.24) is 10.3 Å². The lowest BCUT2D eigenvalue weighted by atomic mass is 9.98. The van der Waals surface area contributed by atoms with Gasteiger partial charge in [0, 0.05) is 17.1 Å². The number of hydrogen-bond acceptors (Lipinski definition) is 4. The van der Waals surface area contributed by atoms with E-state index in [2.05, 4.69) is 10.3 Å². The summed E-state index contributed by atoms with van der Waals surface area (Å²) in [6.45, 7) is 4.88. The molecule has 1 saturated heterocycles. The number of pyridine rings is 1. The summed E-state index contributed by atoms with van der Waals surface area (Å²) in [5, 5.41) is 4.13. The molecule has 1 atom stereocenters. The van der Waals surface area contributed by atoms with Gasteiger partial charge in [-0.15, -0.1) is 0 Å². The molecule has 1 fully saturated rings.